The van der Waals surface area contributed by atoms with Crippen LogP contribution < -0.4 is 15.5 Å². The van der Waals surface area contributed by atoms with Gasteiger partial charge in [-0.15, -0.1) is 0 Å². The van der Waals surface area contributed by atoms with Gasteiger partial charge < -0.3 is 15.5 Å². The number of amides is 2. The molecule has 2 amide bonds. The summed E-state index contributed by atoms with van der Waals surface area (Å²) in [5.41, 5.74) is 2.12. The van der Waals surface area contributed by atoms with Gasteiger partial charge in [0.1, 0.15) is 0 Å². The summed E-state index contributed by atoms with van der Waals surface area (Å²) in [4.78, 5) is 13.8. The maximum Gasteiger partial charge on any atom is 0.315 e. The third-order valence-corrected chi connectivity index (χ3v) is 3.28. The lowest BCUT2D eigenvalue weighted by atomic mass is 10.1. The second-order valence-electron chi connectivity index (χ2n) is 4.21. The van der Waals surface area contributed by atoms with Crippen molar-refractivity contribution in [2.45, 2.75) is 6.04 Å². The maximum absolute atomic E-state index is 11.0. The Balaban J connectivity index is 2.12. The first kappa shape index (κ1) is 11.9. The average Bonchev–Trinajstić information content (AvgIpc) is 2.75. The van der Waals surface area contributed by atoms with E-state index in [1.54, 1.807) is 0 Å². The molecule has 2 rings (SSSR count). The molecule has 1 unspecified atom stereocenters. The number of nitrogens with zero attached hydrogens (tertiary/aromatic N) is 1. The van der Waals surface area contributed by atoms with Crippen LogP contribution in [0.5, 0.6) is 0 Å². The normalized spacial score (nSPS) is 18.5. The van der Waals surface area contributed by atoms with Crippen molar-refractivity contribution in [3.8, 4) is 0 Å². The quantitative estimate of drug-likeness (QED) is 0.624. The lowest BCUT2D eigenvalue weighted by Gasteiger charge is -2.14. The van der Waals surface area contributed by atoms with E-state index in [0.717, 1.165) is 16.1 Å². The van der Waals surface area contributed by atoms with Crippen molar-refractivity contribution in [2.75, 3.05) is 25.5 Å². The van der Waals surface area contributed by atoms with Crippen LogP contribution in [-0.4, -0.2) is 37.6 Å². The van der Waals surface area contributed by atoms with E-state index in [1.807, 2.05) is 43.3 Å². The Morgan fingerprint density at radius 1 is 1.35 bits per heavy atom. The van der Waals surface area contributed by atoms with Crippen LogP contribution in [0.2, 0.25) is 0 Å². The highest BCUT2D eigenvalue weighted by molar-refractivity contribution is 7.81. The molecule has 0 aliphatic carbocycles. The zero-order chi connectivity index (χ0) is 12.4. The number of carbonyl (C=O) groups excluding carboxylic acids is 1. The molecule has 4 nitrogen and oxygen atoms in total. The summed E-state index contributed by atoms with van der Waals surface area (Å²) in [7, 11) is 3.99. The van der Waals surface area contributed by atoms with E-state index in [-0.39, 0.29) is 12.1 Å². The largest absolute Gasteiger partial charge is 0.378 e. The van der Waals surface area contributed by atoms with Crippen LogP contribution in [0.25, 0.3) is 0 Å². The van der Waals surface area contributed by atoms with Gasteiger partial charge in [-0.05, 0) is 17.7 Å². The first-order valence-electron chi connectivity index (χ1n) is 5.44. The van der Waals surface area contributed by atoms with Crippen LogP contribution >= 0.6 is 12.2 Å². The van der Waals surface area contributed by atoms with Crippen molar-refractivity contribution in [3.63, 3.8) is 0 Å². The molecule has 0 saturated carbocycles. The molecule has 1 atom stereocenters. The van der Waals surface area contributed by atoms with Crippen LogP contribution in [0, 0.1) is 0 Å². The molecule has 90 valence electrons. The van der Waals surface area contributed by atoms with Gasteiger partial charge in [0.2, 0.25) is 0 Å². The van der Waals surface area contributed by atoms with Crippen molar-refractivity contribution in [1.82, 2.24) is 10.6 Å². The van der Waals surface area contributed by atoms with E-state index >= 15 is 0 Å². The van der Waals surface area contributed by atoms with Crippen LogP contribution in [-0.2, 0) is 0 Å². The van der Waals surface area contributed by atoms with Crippen molar-refractivity contribution in [1.29, 1.82) is 0 Å². The molecule has 1 aliphatic heterocycles. The second kappa shape index (κ2) is 4.71. The summed E-state index contributed by atoms with van der Waals surface area (Å²) >= 11 is 5.37. The summed E-state index contributed by atoms with van der Waals surface area (Å²) in [6.45, 7) is 0.563. The van der Waals surface area contributed by atoms with E-state index in [2.05, 4.69) is 10.6 Å². The fraction of sp³-hybridized carbons (Fsp3) is 0.333. The molecule has 0 aromatic heterocycles. The Labute approximate surface area is 106 Å². The second-order valence-corrected chi connectivity index (χ2v) is 4.65. The minimum absolute atomic E-state index is 0.0808. The highest BCUT2D eigenvalue weighted by Gasteiger charge is 2.24. The van der Waals surface area contributed by atoms with Crippen LogP contribution in [0.1, 0.15) is 5.56 Å². The Morgan fingerprint density at radius 2 is 2.00 bits per heavy atom. The standard InChI is InChI=1S/C12H15N3OS/c1-15(2)9-5-3-8(4-6-9)11(17)10-7-13-12(16)14-10/h3-6,10H,7H2,1-2H3,(H2,13,14,16). The molecule has 5 heteroatoms. The molecule has 2 N–H and O–H groups in total. The number of hydrogen-bond donors (Lipinski definition) is 2. The average molecular weight is 249 g/mol. The molecule has 1 saturated heterocycles. The number of benzene rings is 1. The fourth-order valence-electron chi connectivity index (χ4n) is 1.74. The molecule has 1 aromatic rings. The Kier molecular flexibility index (Phi) is 3.28. The zero-order valence-corrected chi connectivity index (χ0v) is 10.7. The number of thiocarbonyl (C=S) groups is 1. The van der Waals surface area contributed by atoms with E-state index in [1.165, 1.54) is 0 Å². The van der Waals surface area contributed by atoms with Crippen LogP contribution in [0.3, 0.4) is 0 Å². The van der Waals surface area contributed by atoms with E-state index < -0.39 is 0 Å². The van der Waals surface area contributed by atoms with Crippen molar-refractivity contribution in [2.24, 2.45) is 0 Å². The van der Waals surface area contributed by atoms with Gasteiger partial charge in [-0.25, -0.2) is 4.79 Å². The van der Waals surface area contributed by atoms with Gasteiger partial charge in [-0.1, -0.05) is 24.4 Å². The summed E-state index contributed by atoms with van der Waals surface area (Å²) in [5.74, 6) is 0. The third-order valence-electron chi connectivity index (χ3n) is 2.76. The molecule has 0 bridgehead atoms. The van der Waals surface area contributed by atoms with Gasteiger partial charge in [-0.2, -0.15) is 0 Å². The first-order chi connectivity index (χ1) is 8.08. The number of anilines is 1. The molecule has 1 fully saturated rings. The molecule has 1 heterocycles. The van der Waals surface area contributed by atoms with Gasteiger partial charge in [-0.3, -0.25) is 0 Å². The molecule has 0 radical (unpaired) electrons. The monoisotopic (exact) mass is 249 g/mol. The van der Waals surface area contributed by atoms with E-state index in [0.29, 0.717) is 6.54 Å². The summed E-state index contributed by atoms with van der Waals surface area (Å²) in [6, 6.07) is 7.78. The first-order valence-corrected chi connectivity index (χ1v) is 5.85. The Morgan fingerprint density at radius 3 is 2.47 bits per heavy atom. The number of carbonyl (C=O) groups is 1. The molecule has 1 aromatic carbocycles. The zero-order valence-electron chi connectivity index (χ0n) is 9.86. The third kappa shape index (κ3) is 2.55. The molecule has 0 spiro atoms. The lowest BCUT2D eigenvalue weighted by molar-refractivity contribution is 0.248. The van der Waals surface area contributed by atoms with Gasteiger partial charge in [0, 0.05) is 31.2 Å². The SMILES string of the molecule is CN(C)c1ccc(C(=S)C2CNC(=O)N2)cc1. The molecular weight excluding hydrogens is 234 g/mol. The Bertz CT molecular complexity index is 442. The van der Waals surface area contributed by atoms with Crippen LogP contribution in [0.15, 0.2) is 24.3 Å². The maximum atomic E-state index is 11.0. The number of hydrogen-bond acceptors (Lipinski definition) is 3. The van der Waals surface area contributed by atoms with Gasteiger partial charge in [0.25, 0.3) is 0 Å². The lowest BCUT2D eigenvalue weighted by Crippen LogP contribution is -2.33. The number of rotatable bonds is 3. The van der Waals surface area contributed by atoms with Gasteiger partial charge in [0.05, 0.1) is 6.04 Å². The predicted octanol–water partition coefficient (Wildman–Crippen LogP) is 1.15. The minimum Gasteiger partial charge on any atom is -0.378 e. The van der Waals surface area contributed by atoms with E-state index in [9.17, 15) is 4.79 Å². The van der Waals surface area contributed by atoms with E-state index in [4.69, 9.17) is 12.2 Å². The molecule has 1 aliphatic rings. The van der Waals surface area contributed by atoms with Gasteiger partial charge in [0.15, 0.2) is 0 Å². The smallest absolute Gasteiger partial charge is 0.315 e. The number of urea groups is 1. The molecular formula is C12H15N3OS. The predicted molar refractivity (Wildman–Crippen MR) is 72.8 cm³/mol. The Hall–Kier alpha value is -1.62. The van der Waals surface area contributed by atoms with Crippen molar-refractivity contribution in [3.05, 3.63) is 29.8 Å². The summed E-state index contributed by atoms with van der Waals surface area (Å²) in [5, 5.41) is 5.49. The molecule has 17 heavy (non-hydrogen) atoms. The highest BCUT2D eigenvalue weighted by Crippen LogP contribution is 2.14. The topological polar surface area (TPSA) is 44.4 Å². The van der Waals surface area contributed by atoms with Crippen molar-refractivity contribution < 1.29 is 4.79 Å². The van der Waals surface area contributed by atoms with Crippen molar-refractivity contribution >= 4 is 28.8 Å². The summed E-state index contributed by atoms with van der Waals surface area (Å²) < 4.78 is 0. The summed E-state index contributed by atoms with van der Waals surface area (Å²) in [6.07, 6.45) is 0. The highest BCUT2D eigenvalue weighted by atomic mass is 32.1. The van der Waals surface area contributed by atoms with Gasteiger partial charge >= 0.3 is 6.03 Å². The number of nitrogens with one attached hydrogen (secondary N) is 2. The van der Waals surface area contributed by atoms with Crippen LogP contribution in [0.4, 0.5) is 10.5 Å². The minimum atomic E-state index is -0.151. The fourth-order valence-corrected chi connectivity index (χ4v) is 2.02.